The third-order valence-corrected chi connectivity index (χ3v) is 1.84. The van der Waals surface area contributed by atoms with Crippen LogP contribution in [0.15, 0.2) is 35.7 Å². The summed E-state index contributed by atoms with van der Waals surface area (Å²) in [5, 5.41) is 8.91. The van der Waals surface area contributed by atoms with Crippen molar-refractivity contribution in [3.63, 3.8) is 0 Å². The van der Waals surface area contributed by atoms with Crippen molar-refractivity contribution in [2.24, 2.45) is 0 Å². The summed E-state index contributed by atoms with van der Waals surface area (Å²) in [6, 6.07) is -0.238. The van der Waals surface area contributed by atoms with E-state index in [0.717, 1.165) is 0 Å². The number of rotatable bonds is 4. The Balaban J connectivity index is 4.25. The molecule has 0 aliphatic rings. The van der Waals surface area contributed by atoms with E-state index in [2.05, 4.69) is 23.8 Å². The molecule has 0 aromatic carbocycles. The minimum atomic E-state index is -0.248. The van der Waals surface area contributed by atoms with Crippen LogP contribution in [-0.2, 0) is 0 Å². The molecule has 2 amide bonds. The molecular formula is C11H18N2OS. The maximum absolute atomic E-state index is 11.4. The van der Waals surface area contributed by atoms with Crippen molar-refractivity contribution >= 4 is 17.8 Å². The molecule has 0 aliphatic carbocycles. The predicted molar refractivity (Wildman–Crippen MR) is 67.5 cm³/mol. The van der Waals surface area contributed by atoms with E-state index in [0.29, 0.717) is 5.70 Å². The summed E-state index contributed by atoms with van der Waals surface area (Å²) in [5.74, 6) is 0. The lowest BCUT2D eigenvalue weighted by Gasteiger charge is -2.20. The van der Waals surface area contributed by atoms with Crippen LogP contribution >= 0.6 is 11.8 Å². The fourth-order valence-corrected chi connectivity index (χ4v) is 1.15. The number of hydrogen-bond donors (Lipinski definition) is 2. The highest BCUT2D eigenvalue weighted by molar-refractivity contribution is 8.04. The number of carbonyl (C=O) groups excluding carboxylic acids is 1. The molecule has 0 aliphatic heterocycles. The van der Waals surface area contributed by atoms with Crippen LogP contribution in [0.3, 0.4) is 0 Å². The minimum absolute atomic E-state index is 0.238. The summed E-state index contributed by atoms with van der Waals surface area (Å²) in [5.41, 5.74) is 0.406. The first kappa shape index (κ1) is 13.8. The third kappa shape index (κ3) is 7.88. The van der Waals surface area contributed by atoms with Crippen LogP contribution < -0.4 is 10.6 Å². The van der Waals surface area contributed by atoms with Crippen molar-refractivity contribution in [2.75, 3.05) is 0 Å². The molecule has 0 bridgehead atoms. The average molecular weight is 226 g/mol. The number of urea groups is 1. The van der Waals surface area contributed by atoms with Gasteiger partial charge in [-0.3, -0.25) is 0 Å². The smallest absolute Gasteiger partial charge is 0.319 e. The first-order valence-electron chi connectivity index (χ1n) is 4.57. The monoisotopic (exact) mass is 226 g/mol. The van der Waals surface area contributed by atoms with Gasteiger partial charge in [-0.15, -0.1) is 11.8 Å². The quantitative estimate of drug-likeness (QED) is 0.724. The van der Waals surface area contributed by atoms with Crippen molar-refractivity contribution in [1.29, 1.82) is 0 Å². The van der Waals surface area contributed by atoms with E-state index in [4.69, 9.17) is 0 Å². The van der Waals surface area contributed by atoms with Gasteiger partial charge in [-0.05, 0) is 37.7 Å². The lowest BCUT2D eigenvalue weighted by molar-refractivity contribution is 0.235. The molecule has 0 saturated heterocycles. The molecule has 4 heteroatoms. The van der Waals surface area contributed by atoms with Gasteiger partial charge >= 0.3 is 6.03 Å². The topological polar surface area (TPSA) is 41.1 Å². The summed E-state index contributed by atoms with van der Waals surface area (Å²) in [4.78, 5) is 11.4. The number of carbonyl (C=O) groups is 1. The molecule has 0 rings (SSSR count). The van der Waals surface area contributed by atoms with E-state index < -0.39 is 0 Å². The normalized spacial score (nSPS) is 11.8. The summed E-state index contributed by atoms with van der Waals surface area (Å²) in [6.45, 7) is 12.9. The SMILES string of the molecule is C=CS/C=C(\C=C)NC(=O)NC(C)(C)C. The molecular weight excluding hydrogens is 208 g/mol. The first-order valence-corrected chi connectivity index (χ1v) is 5.51. The Morgan fingerprint density at radius 1 is 1.33 bits per heavy atom. The molecule has 0 aromatic rings. The van der Waals surface area contributed by atoms with Crippen LogP contribution in [-0.4, -0.2) is 11.6 Å². The largest absolute Gasteiger partial charge is 0.333 e. The van der Waals surface area contributed by atoms with E-state index in [1.54, 1.807) is 16.9 Å². The molecule has 84 valence electrons. The highest BCUT2D eigenvalue weighted by Crippen LogP contribution is 2.06. The van der Waals surface area contributed by atoms with Crippen LogP contribution in [0.5, 0.6) is 0 Å². The number of nitrogens with one attached hydrogen (secondary N) is 2. The molecule has 0 atom stereocenters. The van der Waals surface area contributed by atoms with Gasteiger partial charge in [-0.2, -0.15) is 0 Å². The zero-order valence-corrected chi connectivity index (χ0v) is 10.3. The Morgan fingerprint density at radius 3 is 2.33 bits per heavy atom. The lowest BCUT2D eigenvalue weighted by Crippen LogP contribution is -2.45. The van der Waals surface area contributed by atoms with Gasteiger partial charge in [-0.1, -0.05) is 13.2 Å². The van der Waals surface area contributed by atoms with Gasteiger partial charge in [0.2, 0.25) is 0 Å². The van der Waals surface area contributed by atoms with Gasteiger partial charge in [0.25, 0.3) is 0 Å². The minimum Gasteiger partial charge on any atom is -0.333 e. The van der Waals surface area contributed by atoms with Gasteiger partial charge < -0.3 is 10.6 Å². The Morgan fingerprint density at radius 2 is 1.93 bits per heavy atom. The molecule has 0 heterocycles. The number of allylic oxidation sites excluding steroid dienone is 1. The molecule has 0 radical (unpaired) electrons. The molecule has 0 unspecified atom stereocenters. The highest BCUT2D eigenvalue weighted by Gasteiger charge is 2.13. The fraction of sp³-hybridized carbons (Fsp3) is 0.364. The van der Waals surface area contributed by atoms with Gasteiger partial charge in [0.15, 0.2) is 0 Å². The van der Waals surface area contributed by atoms with Crippen LogP contribution in [0, 0.1) is 0 Å². The van der Waals surface area contributed by atoms with Gasteiger partial charge in [0.05, 0.1) is 0 Å². The van der Waals surface area contributed by atoms with E-state index in [1.165, 1.54) is 11.8 Å². The second-order valence-electron chi connectivity index (χ2n) is 3.91. The van der Waals surface area contributed by atoms with Crippen LogP contribution in [0.4, 0.5) is 4.79 Å². The Kier molecular flexibility index (Phi) is 5.86. The van der Waals surface area contributed by atoms with E-state index in [1.807, 2.05) is 20.8 Å². The maximum Gasteiger partial charge on any atom is 0.319 e. The second kappa shape index (κ2) is 6.35. The van der Waals surface area contributed by atoms with E-state index in [-0.39, 0.29) is 11.6 Å². The molecule has 0 aromatic heterocycles. The van der Waals surface area contributed by atoms with Crippen LogP contribution in [0.1, 0.15) is 20.8 Å². The first-order chi connectivity index (χ1) is 6.89. The number of thioether (sulfide) groups is 1. The number of amides is 2. The Labute approximate surface area is 95.7 Å². The molecule has 15 heavy (non-hydrogen) atoms. The van der Waals surface area contributed by atoms with Crippen LogP contribution in [0.25, 0.3) is 0 Å². The van der Waals surface area contributed by atoms with Gasteiger partial charge in [-0.25, -0.2) is 4.79 Å². The summed E-state index contributed by atoms with van der Waals surface area (Å²) < 4.78 is 0. The summed E-state index contributed by atoms with van der Waals surface area (Å²) >= 11 is 1.39. The van der Waals surface area contributed by atoms with Crippen molar-refractivity contribution in [2.45, 2.75) is 26.3 Å². The van der Waals surface area contributed by atoms with Gasteiger partial charge in [0.1, 0.15) is 0 Å². The molecule has 2 N–H and O–H groups in total. The summed E-state index contributed by atoms with van der Waals surface area (Å²) in [7, 11) is 0. The van der Waals surface area contributed by atoms with Crippen molar-refractivity contribution in [3.05, 3.63) is 35.7 Å². The molecule has 0 saturated carbocycles. The Hall–Kier alpha value is -1.16. The lowest BCUT2D eigenvalue weighted by atomic mass is 10.1. The molecule has 0 spiro atoms. The van der Waals surface area contributed by atoms with E-state index >= 15 is 0 Å². The standard InChI is InChI=1S/C11H18N2OS/c1-6-9(8-15-7-2)12-10(14)13-11(3,4)5/h6-8H,1-2H2,3-5H3,(H2,12,13,14)/b9-8+. The third-order valence-electron chi connectivity index (χ3n) is 1.26. The van der Waals surface area contributed by atoms with Gasteiger partial charge in [0, 0.05) is 11.2 Å². The zero-order chi connectivity index (χ0) is 11.9. The van der Waals surface area contributed by atoms with Crippen LogP contribution in [0.2, 0.25) is 0 Å². The zero-order valence-electron chi connectivity index (χ0n) is 9.46. The predicted octanol–water partition coefficient (Wildman–Crippen LogP) is 2.99. The average Bonchev–Trinajstić information content (AvgIpc) is 2.09. The van der Waals surface area contributed by atoms with E-state index in [9.17, 15) is 4.79 Å². The number of hydrogen-bond acceptors (Lipinski definition) is 2. The molecule has 0 fully saturated rings. The highest BCUT2D eigenvalue weighted by atomic mass is 32.2. The molecule has 3 nitrogen and oxygen atoms in total. The summed E-state index contributed by atoms with van der Waals surface area (Å²) in [6.07, 6.45) is 1.58. The van der Waals surface area contributed by atoms with Crippen molar-refractivity contribution in [3.8, 4) is 0 Å². The van der Waals surface area contributed by atoms with Crippen molar-refractivity contribution < 1.29 is 4.79 Å². The fourth-order valence-electron chi connectivity index (χ4n) is 0.753. The van der Waals surface area contributed by atoms with Crippen molar-refractivity contribution in [1.82, 2.24) is 10.6 Å². The maximum atomic E-state index is 11.4. The second-order valence-corrected chi connectivity index (χ2v) is 4.75. The Bertz CT molecular complexity index is 277.